The number of aromatic carboxylic acids is 1. The summed E-state index contributed by atoms with van der Waals surface area (Å²) >= 11 is 0. The van der Waals surface area contributed by atoms with Gasteiger partial charge in [0.25, 0.3) is 0 Å². The van der Waals surface area contributed by atoms with E-state index in [2.05, 4.69) is 9.72 Å². The number of benzene rings is 1. The average molecular weight is 269 g/mol. The van der Waals surface area contributed by atoms with Gasteiger partial charge in [-0.15, -0.1) is 0 Å². The first kappa shape index (κ1) is 13.4. The second kappa shape index (κ2) is 5.33. The highest BCUT2D eigenvalue weighted by Crippen LogP contribution is 2.28. The van der Waals surface area contributed by atoms with Crippen molar-refractivity contribution in [2.45, 2.75) is 6.92 Å². The fourth-order valence-corrected chi connectivity index (χ4v) is 1.99. The average Bonchev–Trinajstić information content (AvgIpc) is 2.78. The lowest BCUT2D eigenvalue weighted by Gasteiger charge is -2.00. The zero-order valence-corrected chi connectivity index (χ0v) is 10.6. The van der Waals surface area contributed by atoms with E-state index in [0.717, 1.165) is 0 Å². The molecule has 0 saturated carbocycles. The van der Waals surface area contributed by atoms with Crippen LogP contribution in [0.25, 0.3) is 11.3 Å². The van der Waals surface area contributed by atoms with Gasteiger partial charge in [-0.2, -0.15) is 0 Å². The number of carboxylic acid groups (broad SMARTS) is 1. The summed E-state index contributed by atoms with van der Waals surface area (Å²) in [5.41, 5.74) is 1.36. The molecule has 5 heteroatoms. The lowest BCUT2D eigenvalue weighted by molar-refractivity contribution is 0.0684. The molecule has 0 aliphatic heterocycles. The van der Waals surface area contributed by atoms with E-state index in [0.29, 0.717) is 11.3 Å². The topological polar surface area (TPSA) is 79.4 Å². The van der Waals surface area contributed by atoms with E-state index >= 15 is 0 Å². The van der Waals surface area contributed by atoms with Gasteiger partial charge < -0.3 is 14.8 Å². The quantitative estimate of drug-likeness (QED) is 0.662. The smallest absolute Gasteiger partial charge is 0.368 e. The Morgan fingerprint density at radius 1 is 1.30 bits per heavy atom. The molecule has 0 unspecified atom stereocenters. The molecular weight excluding hydrogens is 258 g/mol. The SMILES string of the molecule is C#COC(=O)c1[nH]c(-c2ccccc2)c(C(=O)O)c1C. The van der Waals surface area contributed by atoms with Crippen LogP contribution in [0.3, 0.4) is 0 Å². The largest absolute Gasteiger partial charge is 0.478 e. The summed E-state index contributed by atoms with van der Waals surface area (Å²) in [6.07, 6.45) is 6.68. The van der Waals surface area contributed by atoms with Crippen LogP contribution < -0.4 is 0 Å². The number of terminal acetylenes is 1. The van der Waals surface area contributed by atoms with Crippen LogP contribution in [0, 0.1) is 19.5 Å². The summed E-state index contributed by atoms with van der Waals surface area (Å²) in [7, 11) is 0. The van der Waals surface area contributed by atoms with E-state index in [4.69, 9.17) is 6.42 Å². The zero-order chi connectivity index (χ0) is 14.7. The third-order valence-electron chi connectivity index (χ3n) is 2.88. The number of ether oxygens (including phenoxy) is 1. The molecule has 1 heterocycles. The lowest BCUT2D eigenvalue weighted by atomic mass is 10.0. The van der Waals surface area contributed by atoms with Crippen molar-refractivity contribution in [2.24, 2.45) is 0 Å². The van der Waals surface area contributed by atoms with Crippen LogP contribution >= 0.6 is 0 Å². The summed E-state index contributed by atoms with van der Waals surface area (Å²) in [5, 5.41) is 9.32. The van der Waals surface area contributed by atoms with Gasteiger partial charge in [0.15, 0.2) is 0 Å². The number of rotatable bonds is 3. The number of H-pyrrole nitrogens is 1. The van der Waals surface area contributed by atoms with E-state index in [1.165, 1.54) is 6.92 Å². The highest BCUT2D eigenvalue weighted by Gasteiger charge is 2.25. The fraction of sp³-hybridized carbons (Fsp3) is 0.0667. The van der Waals surface area contributed by atoms with Crippen molar-refractivity contribution in [3.8, 4) is 23.8 Å². The van der Waals surface area contributed by atoms with Gasteiger partial charge in [0.1, 0.15) is 11.8 Å². The highest BCUT2D eigenvalue weighted by atomic mass is 16.5. The third kappa shape index (κ3) is 2.27. The monoisotopic (exact) mass is 269 g/mol. The first-order valence-corrected chi connectivity index (χ1v) is 5.74. The first-order chi connectivity index (χ1) is 9.56. The third-order valence-corrected chi connectivity index (χ3v) is 2.88. The molecule has 0 atom stereocenters. The van der Waals surface area contributed by atoms with Crippen molar-refractivity contribution in [3.05, 3.63) is 47.2 Å². The number of carbonyl (C=O) groups is 2. The summed E-state index contributed by atoms with van der Waals surface area (Å²) in [4.78, 5) is 25.9. The number of carbonyl (C=O) groups excluding carboxylic acids is 1. The standard InChI is InChI=1S/C15H11NO4/c1-3-20-15(19)12-9(2)11(14(17)18)13(16-12)10-7-5-4-6-8-10/h1,4-8,16H,2H3,(H,17,18). The number of esters is 1. The number of nitrogens with one attached hydrogen (secondary N) is 1. The number of carboxylic acids is 1. The minimum atomic E-state index is -1.13. The summed E-state index contributed by atoms with van der Waals surface area (Å²) in [6, 6.07) is 8.85. The van der Waals surface area contributed by atoms with Crippen molar-refractivity contribution in [1.82, 2.24) is 4.98 Å². The van der Waals surface area contributed by atoms with Gasteiger partial charge in [-0.25, -0.2) is 9.59 Å². The van der Waals surface area contributed by atoms with E-state index in [1.807, 2.05) is 6.07 Å². The van der Waals surface area contributed by atoms with Crippen LogP contribution in [0.1, 0.15) is 26.4 Å². The Balaban J connectivity index is 2.64. The van der Waals surface area contributed by atoms with Gasteiger partial charge in [0.05, 0.1) is 11.3 Å². The Morgan fingerprint density at radius 3 is 2.50 bits per heavy atom. The molecule has 2 N–H and O–H groups in total. The summed E-state index contributed by atoms with van der Waals surface area (Å²) in [5.74, 6) is -1.91. The normalized spacial score (nSPS) is 9.80. The number of hydrogen-bond acceptors (Lipinski definition) is 3. The van der Waals surface area contributed by atoms with Crippen LogP contribution in [0.4, 0.5) is 0 Å². The van der Waals surface area contributed by atoms with E-state index < -0.39 is 11.9 Å². The summed E-state index contributed by atoms with van der Waals surface area (Å²) in [6.45, 7) is 1.53. The second-order valence-electron chi connectivity index (χ2n) is 4.05. The number of hydrogen-bond donors (Lipinski definition) is 2. The predicted molar refractivity (Wildman–Crippen MR) is 72.2 cm³/mol. The van der Waals surface area contributed by atoms with Gasteiger partial charge >= 0.3 is 11.9 Å². The Kier molecular flexibility index (Phi) is 3.58. The van der Waals surface area contributed by atoms with Crippen molar-refractivity contribution >= 4 is 11.9 Å². The molecule has 1 aromatic carbocycles. The molecule has 5 nitrogen and oxygen atoms in total. The van der Waals surface area contributed by atoms with Gasteiger partial charge in [-0.05, 0) is 18.1 Å². The first-order valence-electron chi connectivity index (χ1n) is 5.74. The molecule has 0 fully saturated rings. The molecule has 0 bridgehead atoms. The Bertz CT molecular complexity index is 707. The maximum atomic E-state index is 11.7. The molecule has 0 saturated heterocycles. The van der Waals surface area contributed by atoms with Crippen molar-refractivity contribution < 1.29 is 19.4 Å². The fourth-order valence-electron chi connectivity index (χ4n) is 1.99. The van der Waals surface area contributed by atoms with Crippen LogP contribution in [0.15, 0.2) is 30.3 Å². The molecule has 0 amide bonds. The van der Waals surface area contributed by atoms with Gasteiger partial charge in [0.2, 0.25) is 0 Å². The predicted octanol–water partition coefficient (Wildman–Crippen LogP) is 2.44. The molecule has 0 aliphatic rings. The minimum absolute atomic E-state index is 0.0279. The Morgan fingerprint density at radius 2 is 1.95 bits per heavy atom. The highest BCUT2D eigenvalue weighted by molar-refractivity contribution is 6.02. The molecule has 100 valence electrons. The van der Waals surface area contributed by atoms with Crippen LogP contribution in [-0.4, -0.2) is 22.0 Å². The Labute approximate surface area is 115 Å². The maximum absolute atomic E-state index is 11.7. The number of aromatic amines is 1. The Hall–Kier alpha value is -3.00. The molecular formula is C15H11NO4. The molecule has 2 rings (SSSR count). The van der Waals surface area contributed by atoms with E-state index in [9.17, 15) is 14.7 Å². The van der Waals surface area contributed by atoms with Gasteiger partial charge in [-0.1, -0.05) is 36.8 Å². The van der Waals surface area contributed by atoms with Gasteiger partial charge in [0, 0.05) is 0 Å². The van der Waals surface area contributed by atoms with Gasteiger partial charge in [-0.3, -0.25) is 0 Å². The summed E-state index contributed by atoms with van der Waals surface area (Å²) < 4.78 is 4.46. The lowest BCUT2D eigenvalue weighted by Crippen LogP contribution is -2.04. The molecule has 20 heavy (non-hydrogen) atoms. The second-order valence-corrected chi connectivity index (χ2v) is 4.05. The molecule has 0 spiro atoms. The minimum Gasteiger partial charge on any atom is -0.478 e. The van der Waals surface area contributed by atoms with Crippen LogP contribution in [0.5, 0.6) is 0 Å². The van der Waals surface area contributed by atoms with E-state index in [-0.39, 0.29) is 16.8 Å². The maximum Gasteiger partial charge on any atom is 0.368 e. The molecule has 2 aromatic rings. The zero-order valence-electron chi connectivity index (χ0n) is 10.6. The van der Waals surface area contributed by atoms with Crippen molar-refractivity contribution in [3.63, 3.8) is 0 Å². The van der Waals surface area contributed by atoms with Crippen LogP contribution in [-0.2, 0) is 4.74 Å². The van der Waals surface area contributed by atoms with Crippen LogP contribution in [0.2, 0.25) is 0 Å². The molecule has 0 aliphatic carbocycles. The molecule has 1 aromatic heterocycles. The number of aromatic nitrogens is 1. The van der Waals surface area contributed by atoms with Crippen molar-refractivity contribution in [2.75, 3.05) is 0 Å². The molecule has 0 radical (unpaired) electrons. The van der Waals surface area contributed by atoms with Crippen molar-refractivity contribution in [1.29, 1.82) is 0 Å². The van der Waals surface area contributed by atoms with E-state index in [1.54, 1.807) is 30.4 Å².